The number of nitrogens with zero attached hydrogens (tertiary/aromatic N) is 4. The van der Waals surface area contributed by atoms with Crippen molar-refractivity contribution in [2.75, 3.05) is 13.1 Å². The number of aromatic nitrogens is 4. The Bertz CT molecular complexity index is 1590. The van der Waals surface area contributed by atoms with E-state index in [1.807, 2.05) is 18.5 Å². The van der Waals surface area contributed by atoms with Crippen molar-refractivity contribution in [3.63, 3.8) is 0 Å². The normalized spacial score (nSPS) is 17.9. The third-order valence-corrected chi connectivity index (χ3v) is 7.75. The van der Waals surface area contributed by atoms with Gasteiger partial charge < -0.3 is 14.5 Å². The molecule has 0 unspecified atom stereocenters. The lowest BCUT2D eigenvalue weighted by Crippen LogP contribution is -2.30. The molecule has 5 aromatic rings. The quantitative estimate of drug-likeness (QED) is 0.349. The summed E-state index contributed by atoms with van der Waals surface area (Å²) < 4.78 is 2.37. The maximum absolute atomic E-state index is 12.6. The number of imidazole rings is 1. The molecule has 2 fully saturated rings. The van der Waals surface area contributed by atoms with Gasteiger partial charge in [0.2, 0.25) is 5.91 Å². The number of aryl methyl sites for hydroxylation is 1. The van der Waals surface area contributed by atoms with Gasteiger partial charge in [-0.15, -0.1) is 0 Å². The van der Waals surface area contributed by atoms with E-state index < -0.39 is 0 Å². The van der Waals surface area contributed by atoms with Crippen LogP contribution in [0.2, 0.25) is 0 Å². The number of hydrogen-bond donors (Lipinski definition) is 1. The summed E-state index contributed by atoms with van der Waals surface area (Å²) in [4.78, 5) is 27.5. The zero-order valence-corrected chi connectivity index (χ0v) is 20.4. The number of rotatable bonds is 5. The Morgan fingerprint density at radius 2 is 1.83 bits per heavy atom. The predicted octanol–water partition coefficient (Wildman–Crippen LogP) is 5.81. The van der Waals surface area contributed by atoms with Crippen molar-refractivity contribution in [1.29, 1.82) is 0 Å². The molecule has 0 radical (unpaired) electrons. The second-order valence-corrected chi connectivity index (χ2v) is 10.5. The number of carbonyl (C=O) groups is 1. The van der Waals surface area contributed by atoms with Gasteiger partial charge in [0.15, 0.2) is 0 Å². The van der Waals surface area contributed by atoms with Gasteiger partial charge in [-0.05, 0) is 67.5 Å². The van der Waals surface area contributed by atoms with Crippen LogP contribution in [0, 0.1) is 18.8 Å². The van der Waals surface area contributed by atoms with Gasteiger partial charge in [-0.2, -0.15) is 0 Å². The SMILES string of the molecule is Cc1ccc2c(c1)nc(-c1ccc(-c3cnc4[nH]ccc4c3)cc1)n2C[C@@H]1CCN(C(=O)C2CC2)C1. The lowest BCUT2D eigenvalue weighted by Gasteiger charge is -2.18. The fraction of sp³-hybridized carbons (Fsp3) is 0.300. The Morgan fingerprint density at radius 1 is 1.00 bits per heavy atom. The Morgan fingerprint density at radius 3 is 2.67 bits per heavy atom. The van der Waals surface area contributed by atoms with Gasteiger partial charge in [0.25, 0.3) is 0 Å². The molecule has 1 N–H and O–H groups in total. The molecular formula is C30H29N5O. The van der Waals surface area contributed by atoms with Crippen LogP contribution >= 0.6 is 0 Å². The summed E-state index contributed by atoms with van der Waals surface area (Å²) in [5, 5.41) is 1.11. The van der Waals surface area contributed by atoms with E-state index >= 15 is 0 Å². The van der Waals surface area contributed by atoms with E-state index in [1.54, 1.807) is 0 Å². The lowest BCUT2D eigenvalue weighted by atomic mass is 10.0. The minimum Gasteiger partial charge on any atom is -0.346 e. The highest BCUT2D eigenvalue weighted by Crippen LogP contribution is 2.34. The molecule has 1 aliphatic carbocycles. The smallest absolute Gasteiger partial charge is 0.225 e. The van der Waals surface area contributed by atoms with Crippen molar-refractivity contribution < 1.29 is 4.79 Å². The molecule has 6 nitrogen and oxygen atoms in total. The van der Waals surface area contributed by atoms with Gasteiger partial charge >= 0.3 is 0 Å². The molecule has 1 atom stereocenters. The number of hydrogen-bond acceptors (Lipinski definition) is 3. The van der Waals surface area contributed by atoms with E-state index in [-0.39, 0.29) is 0 Å². The predicted molar refractivity (Wildman–Crippen MR) is 142 cm³/mol. The zero-order valence-electron chi connectivity index (χ0n) is 20.4. The van der Waals surface area contributed by atoms with E-state index in [4.69, 9.17) is 4.98 Å². The summed E-state index contributed by atoms with van der Waals surface area (Å²) in [5.74, 6) is 2.10. The molecule has 6 heteroatoms. The highest BCUT2D eigenvalue weighted by molar-refractivity contribution is 5.84. The summed E-state index contributed by atoms with van der Waals surface area (Å²) in [5.41, 5.74) is 7.65. The summed E-state index contributed by atoms with van der Waals surface area (Å²) in [6, 6.07) is 19.4. The molecule has 0 bridgehead atoms. The number of H-pyrrole nitrogens is 1. The van der Waals surface area contributed by atoms with E-state index in [1.165, 1.54) is 5.56 Å². The van der Waals surface area contributed by atoms with E-state index in [9.17, 15) is 4.79 Å². The fourth-order valence-corrected chi connectivity index (χ4v) is 5.58. The van der Waals surface area contributed by atoms with Gasteiger partial charge in [0.1, 0.15) is 11.5 Å². The van der Waals surface area contributed by atoms with Crippen molar-refractivity contribution in [2.45, 2.75) is 32.7 Å². The molecule has 36 heavy (non-hydrogen) atoms. The number of carbonyl (C=O) groups excluding carboxylic acids is 1. The summed E-state index contributed by atoms with van der Waals surface area (Å²) in [6.45, 7) is 4.73. The van der Waals surface area contributed by atoms with Crippen LogP contribution in [-0.4, -0.2) is 43.4 Å². The van der Waals surface area contributed by atoms with Crippen LogP contribution in [-0.2, 0) is 11.3 Å². The van der Waals surface area contributed by atoms with E-state index in [2.05, 4.69) is 74.9 Å². The first-order valence-corrected chi connectivity index (χ1v) is 12.9. The molecule has 2 aromatic carbocycles. The average molecular weight is 476 g/mol. The topological polar surface area (TPSA) is 66.8 Å². The number of pyridine rings is 1. The molecule has 4 heterocycles. The Balaban J connectivity index is 1.21. The third kappa shape index (κ3) is 3.77. The van der Waals surface area contributed by atoms with Crippen LogP contribution in [0.1, 0.15) is 24.8 Å². The van der Waals surface area contributed by atoms with Crippen LogP contribution in [0.5, 0.6) is 0 Å². The number of aromatic amines is 1. The third-order valence-electron chi connectivity index (χ3n) is 7.75. The maximum atomic E-state index is 12.6. The van der Waals surface area contributed by atoms with Crippen LogP contribution in [0.3, 0.4) is 0 Å². The van der Waals surface area contributed by atoms with Gasteiger partial charge in [0, 0.05) is 54.5 Å². The van der Waals surface area contributed by atoms with Gasteiger partial charge in [-0.3, -0.25) is 4.79 Å². The monoisotopic (exact) mass is 475 g/mol. The molecule has 0 spiro atoms. The van der Waals surface area contributed by atoms with Crippen LogP contribution in [0.15, 0.2) is 67.0 Å². The summed E-state index contributed by atoms with van der Waals surface area (Å²) >= 11 is 0. The minimum atomic E-state index is 0.294. The van der Waals surface area contributed by atoms with Crippen LogP contribution in [0.25, 0.3) is 44.6 Å². The second kappa shape index (κ2) is 8.33. The number of nitrogens with one attached hydrogen (secondary N) is 1. The number of likely N-dealkylation sites (tertiary alicyclic amines) is 1. The highest BCUT2D eigenvalue weighted by Gasteiger charge is 2.36. The number of amides is 1. The minimum absolute atomic E-state index is 0.294. The first-order valence-electron chi connectivity index (χ1n) is 12.9. The van der Waals surface area contributed by atoms with Gasteiger partial charge in [-0.1, -0.05) is 30.3 Å². The molecule has 1 saturated heterocycles. The Hall–Kier alpha value is -3.93. The van der Waals surface area contributed by atoms with Crippen molar-refractivity contribution in [3.8, 4) is 22.5 Å². The van der Waals surface area contributed by atoms with Crippen molar-refractivity contribution >= 4 is 28.0 Å². The van der Waals surface area contributed by atoms with Gasteiger partial charge in [0.05, 0.1) is 11.0 Å². The fourth-order valence-electron chi connectivity index (χ4n) is 5.58. The lowest BCUT2D eigenvalue weighted by molar-refractivity contribution is -0.131. The summed E-state index contributed by atoms with van der Waals surface area (Å²) in [7, 11) is 0. The second-order valence-electron chi connectivity index (χ2n) is 10.5. The first kappa shape index (κ1) is 21.4. The first-order chi connectivity index (χ1) is 17.6. The molecule has 3 aromatic heterocycles. The summed E-state index contributed by atoms with van der Waals surface area (Å²) in [6.07, 6.45) is 7.03. The molecule has 1 amide bonds. The number of fused-ring (bicyclic) bond motifs is 2. The molecule has 2 aliphatic rings. The zero-order chi connectivity index (χ0) is 24.2. The van der Waals surface area contributed by atoms with Crippen molar-refractivity contribution in [2.24, 2.45) is 11.8 Å². The Kier molecular flexibility index (Phi) is 4.94. The van der Waals surface area contributed by atoms with Crippen molar-refractivity contribution in [3.05, 3.63) is 72.6 Å². The van der Waals surface area contributed by atoms with E-state index in [0.717, 1.165) is 83.5 Å². The highest BCUT2D eigenvalue weighted by atomic mass is 16.2. The largest absolute Gasteiger partial charge is 0.346 e. The van der Waals surface area contributed by atoms with Crippen LogP contribution in [0.4, 0.5) is 0 Å². The molecule has 7 rings (SSSR count). The molecule has 1 aliphatic heterocycles. The van der Waals surface area contributed by atoms with Gasteiger partial charge in [-0.25, -0.2) is 9.97 Å². The number of benzene rings is 2. The van der Waals surface area contributed by atoms with Crippen molar-refractivity contribution in [1.82, 2.24) is 24.4 Å². The molecule has 180 valence electrons. The standard InChI is InChI=1S/C30H29N5O/c1-19-2-9-27-26(14-19)33-29(35(27)18-20-11-13-34(17-20)30(36)23-7-8-23)22-5-3-21(4-6-22)25-15-24-10-12-31-28(24)32-16-25/h2-6,9-10,12,14-16,20,23H,7-8,11,13,17-18H2,1H3,(H,31,32)/t20-/m1/s1. The molecule has 1 saturated carbocycles. The Labute approximate surface area is 210 Å². The van der Waals surface area contributed by atoms with E-state index in [0.29, 0.717) is 17.7 Å². The maximum Gasteiger partial charge on any atom is 0.225 e. The van der Waals surface area contributed by atoms with Crippen LogP contribution < -0.4 is 0 Å². The average Bonchev–Trinajstić information content (AvgIpc) is 3.30. The molecular weight excluding hydrogens is 446 g/mol.